The van der Waals surface area contributed by atoms with Crippen molar-refractivity contribution in [2.45, 2.75) is 6.18 Å². The van der Waals surface area contributed by atoms with E-state index in [1.54, 1.807) is 12.1 Å². The number of carbonyl (C=O) groups is 1. The molecule has 0 radical (unpaired) electrons. The monoisotopic (exact) mass is 351 g/mol. The molecule has 2 heterocycles. The van der Waals surface area contributed by atoms with Gasteiger partial charge in [-0.2, -0.15) is 13.2 Å². The SMILES string of the molecule is CNc1nc(C(F)(F)F)nc2c1ncn2-c1ccc(C(=O)OC)cc1. The highest BCUT2D eigenvalue weighted by Crippen LogP contribution is 2.30. The summed E-state index contributed by atoms with van der Waals surface area (Å²) in [4.78, 5) is 22.6. The lowest BCUT2D eigenvalue weighted by atomic mass is 10.2. The van der Waals surface area contributed by atoms with Gasteiger partial charge in [0.05, 0.1) is 12.7 Å². The van der Waals surface area contributed by atoms with E-state index in [0.717, 1.165) is 0 Å². The molecule has 0 fully saturated rings. The fourth-order valence-corrected chi connectivity index (χ4v) is 2.27. The summed E-state index contributed by atoms with van der Waals surface area (Å²) in [5.74, 6) is -1.80. The van der Waals surface area contributed by atoms with Gasteiger partial charge in [0, 0.05) is 12.7 Å². The number of alkyl halides is 3. The molecule has 0 bridgehead atoms. The fraction of sp³-hybridized carbons (Fsp3) is 0.200. The number of hydrogen-bond donors (Lipinski definition) is 1. The lowest BCUT2D eigenvalue weighted by Gasteiger charge is -2.09. The number of hydrogen-bond acceptors (Lipinski definition) is 6. The first-order chi connectivity index (χ1) is 11.8. The number of benzene rings is 1. The van der Waals surface area contributed by atoms with Gasteiger partial charge in [-0.25, -0.2) is 19.7 Å². The van der Waals surface area contributed by atoms with Gasteiger partial charge in [0.2, 0.25) is 5.82 Å². The van der Waals surface area contributed by atoms with Crippen LogP contribution in [0, 0.1) is 0 Å². The molecule has 130 valence electrons. The molecule has 0 saturated carbocycles. The summed E-state index contributed by atoms with van der Waals surface area (Å²) < 4.78 is 45.1. The Morgan fingerprint density at radius 2 is 1.88 bits per heavy atom. The molecule has 0 aliphatic heterocycles. The Kier molecular flexibility index (Phi) is 4.03. The van der Waals surface area contributed by atoms with Gasteiger partial charge in [0.25, 0.3) is 0 Å². The van der Waals surface area contributed by atoms with Crippen LogP contribution in [0.3, 0.4) is 0 Å². The second-order valence-corrected chi connectivity index (χ2v) is 4.97. The van der Waals surface area contributed by atoms with E-state index in [9.17, 15) is 18.0 Å². The smallest absolute Gasteiger partial charge is 0.451 e. The van der Waals surface area contributed by atoms with Crippen LogP contribution in [0.4, 0.5) is 19.0 Å². The Bertz CT molecular complexity index is 935. The third-order valence-electron chi connectivity index (χ3n) is 3.45. The van der Waals surface area contributed by atoms with Gasteiger partial charge in [0.15, 0.2) is 17.0 Å². The van der Waals surface area contributed by atoms with Crippen molar-refractivity contribution in [3.8, 4) is 5.69 Å². The van der Waals surface area contributed by atoms with E-state index in [1.807, 2.05) is 0 Å². The highest BCUT2D eigenvalue weighted by atomic mass is 19.4. The first kappa shape index (κ1) is 16.7. The summed E-state index contributed by atoms with van der Waals surface area (Å²) in [6.07, 6.45) is -3.35. The Morgan fingerprint density at radius 1 is 1.20 bits per heavy atom. The minimum atomic E-state index is -4.69. The van der Waals surface area contributed by atoms with E-state index >= 15 is 0 Å². The van der Waals surface area contributed by atoms with Crippen molar-refractivity contribution in [1.29, 1.82) is 0 Å². The lowest BCUT2D eigenvalue weighted by Crippen LogP contribution is -2.13. The van der Waals surface area contributed by atoms with E-state index in [4.69, 9.17) is 0 Å². The first-order valence-corrected chi connectivity index (χ1v) is 7.04. The zero-order valence-electron chi connectivity index (χ0n) is 13.1. The summed E-state index contributed by atoms with van der Waals surface area (Å²) >= 11 is 0. The van der Waals surface area contributed by atoms with E-state index in [-0.39, 0.29) is 17.0 Å². The van der Waals surface area contributed by atoms with Gasteiger partial charge in [-0.1, -0.05) is 0 Å². The maximum Gasteiger partial charge on any atom is 0.451 e. The minimum absolute atomic E-state index is 0.00232. The van der Waals surface area contributed by atoms with Gasteiger partial charge in [-0.3, -0.25) is 4.57 Å². The van der Waals surface area contributed by atoms with Crippen LogP contribution in [0.5, 0.6) is 0 Å². The standard InChI is InChI=1S/C15H12F3N5O2/c1-19-11-10-12(22-14(21-11)15(16,17)18)23(7-20-10)9-5-3-8(4-6-9)13(24)25-2/h3-7H,1-2H3,(H,19,21,22). The molecular weight excluding hydrogens is 339 g/mol. The van der Waals surface area contributed by atoms with Gasteiger partial charge >= 0.3 is 12.1 Å². The molecule has 0 saturated heterocycles. The number of imidazole rings is 1. The van der Waals surface area contributed by atoms with Crippen LogP contribution in [0.25, 0.3) is 16.9 Å². The van der Waals surface area contributed by atoms with Crippen LogP contribution in [-0.4, -0.2) is 39.6 Å². The molecule has 25 heavy (non-hydrogen) atoms. The molecule has 7 nitrogen and oxygen atoms in total. The number of fused-ring (bicyclic) bond motifs is 1. The molecule has 3 rings (SSSR count). The summed E-state index contributed by atoms with van der Waals surface area (Å²) in [5, 5.41) is 2.59. The Labute approximate surface area is 139 Å². The number of nitrogens with zero attached hydrogens (tertiary/aromatic N) is 4. The topological polar surface area (TPSA) is 81.9 Å². The largest absolute Gasteiger partial charge is 0.465 e. The van der Waals surface area contributed by atoms with E-state index in [1.165, 1.54) is 37.2 Å². The van der Waals surface area contributed by atoms with Crippen molar-refractivity contribution in [3.05, 3.63) is 42.0 Å². The predicted octanol–water partition coefficient (Wildman–Crippen LogP) is 2.66. The highest BCUT2D eigenvalue weighted by Gasteiger charge is 2.36. The van der Waals surface area contributed by atoms with Crippen LogP contribution >= 0.6 is 0 Å². The number of methoxy groups -OCH3 is 1. The average molecular weight is 351 g/mol. The van der Waals surface area contributed by atoms with Crippen molar-refractivity contribution >= 4 is 23.0 Å². The Morgan fingerprint density at radius 3 is 2.44 bits per heavy atom. The molecule has 0 amide bonds. The molecule has 1 N–H and O–H groups in total. The summed E-state index contributed by atoms with van der Waals surface area (Å²) in [6.45, 7) is 0. The molecule has 10 heteroatoms. The van der Waals surface area contributed by atoms with Crippen LogP contribution in [0.1, 0.15) is 16.2 Å². The second-order valence-electron chi connectivity index (χ2n) is 4.97. The summed E-state index contributed by atoms with van der Waals surface area (Å²) in [6, 6.07) is 6.11. The number of aromatic nitrogens is 4. The molecule has 0 aliphatic rings. The summed E-state index contributed by atoms with van der Waals surface area (Å²) in [7, 11) is 2.71. The Hall–Kier alpha value is -3.17. The fourth-order valence-electron chi connectivity index (χ4n) is 2.27. The zero-order chi connectivity index (χ0) is 18.2. The van der Waals surface area contributed by atoms with Crippen molar-refractivity contribution in [3.63, 3.8) is 0 Å². The molecule has 0 atom stereocenters. The molecule has 3 aromatic rings. The van der Waals surface area contributed by atoms with Crippen molar-refractivity contribution in [1.82, 2.24) is 19.5 Å². The van der Waals surface area contributed by atoms with Gasteiger partial charge in [0.1, 0.15) is 6.33 Å². The molecular formula is C15H12F3N5O2. The normalized spacial score (nSPS) is 11.6. The predicted molar refractivity (Wildman–Crippen MR) is 82.5 cm³/mol. The number of anilines is 1. The number of halogens is 3. The highest BCUT2D eigenvalue weighted by molar-refractivity contribution is 5.89. The average Bonchev–Trinajstić information content (AvgIpc) is 3.03. The Balaban J connectivity index is 2.15. The summed E-state index contributed by atoms with van der Waals surface area (Å²) in [5.41, 5.74) is 1.01. The van der Waals surface area contributed by atoms with E-state index < -0.39 is 18.0 Å². The van der Waals surface area contributed by atoms with Gasteiger partial charge < -0.3 is 10.1 Å². The first-order valence-electron chi connectivity index (χ1n) is 7.04. The van der Waals surface area contributed by atoms with Crippen LogP contribution in [0.15, 0.2) is 30.6 Å². The van der Waals surface area contributed by atoms with Crippen molar-refractivity contribution in [2.24, 2.45) is 0 Å². The van der Waals surface area contributed by atoms with Crippen LogP contribution < -0.4 is 5.32 Å². The maximum absolute atomic E-state index is 13.0. The number of ether oxygens (including phenoxy) is 1. The lowest BCUT2D eigenvalue weighted by molar-refractivity contribution is -0.144. The number of nitrogens with one attached hydrogen (secondary N) is 1. The third-order valence-corrected chi connectivity index (χ3v) is 3.45. The second kappa shape index (κ2) is 6.04. The van der Waals surface area contributed by atoms with Gasteiger partial charge in [-0.05, 0) is 24.3 Å². The zero-order valence-corrected chi connectivity index (χ0v) is 13.1. The number of carbonyl (C=O) groups excluding carboxylic acids is 1. The van der Waals surface area contributed by atoms with E-state index in [0.29, 0.717) is 11.3 Å². The quantitative estimate of drug-likeness (QED) is 0.731. The minimum Gasteiger partial charge on any atom is -0.465 e. The van der Waals surface area contributed by atoms with Crippen molar-refractivity contribution < 1.29 is 22.7 Å². The van der Waals surface area contributed by atoms with Gasteiger partial charge in [-0.15, -0.1) is 0 Å². The molecule has 0 aliphatic carbocycles. The van der Waals surface area contributed by atoms with Crippen LogP contribution in [0.2, 0.25) is 0 Å². The molecule has 0 spiro atoms. The van der Waals surface area contributed by atoms with Crippen LogP contribution in [-0.2, 0) is 10.9 Å². The van der Waals surface area contributed by atoms with E-state index in [2.05, 4.69) is 25.0 Å². The molecule has 0 unspecified atom stereocenters. The maximum atomic E-state index is 13.0. The molecule has 1 aromatic carbocycles. The number of esters is 1. The third kappa shape index (κ3) is 2.97. The number of rotatable bonds is 3. The molecule has 2 aromatic heterocycles. The van der Waals surface area contributed by atoms with Crippen molar-refractivity contribution in [2.75, 3.05) is 19.5 Å².